The van der Waals surface area contributed by atoms with Crippen LogP contribution in [0.2, 0.25) is 5.02 Å². The number of sulfone groups is 1. The van der Waals surface area contributed by atoms with E-state index in [1.165, 1.54) is 6.07 Å². The molecule has 1 N–H and O–H groups in total. The Morgan fingerprint density at radius 3 is 2.49 bits per heavy atom. The van der Waals surface area contributed by atoms with Crippen molar-refractivity contribution in [3.05, 3.63) is 65.4 Å². The van der Waals surface area contributed by atoms with Gasteiger partial charge in [-0.2, -0.15) is 0 Å². The molecule has 0 unspecified atom stereocenters. The van der Waals surface area contributed by atoms with E-state index in [9.17, 15) is 18.0 Å². The quantitative estimate of drug-likeness (QED) is 0.525. The number of piperidine rings is 1. The molecule has 10 heteroatoms. The van der Waals surface area contributed by atoms with Crippen LogP contribution in [0.4, 0.5) is 10.5 Å². The van der Waals surface area contributed by atoms with Gasteiger partial charge in [0.25, 0.3) is 5.91 Å². The van der Waals surface area contributed by atoms with E-state index < -0.39 is 21.4 Å². The first kappa shape index (κ1) is 23.6. The lowest BCUT2D eigenvalue weighted by molar-refractivity contribution is -0.131. The Kier molecular flexibility index (Phi) is 5.93. The maximum Gasteiger partial charge on any atom is 0.325 e. The standard InChI is InChI=1S/C25H25ClN4O4S/c1-17-14-21(6-9-27-17)29-10-7-25(8-11-29)23(31)30(24(32)28-25)12-13-35(33,34)22-5-3-18-15-20(26)4-2-19(18)16-22/h2-6,9,14-16H,7-8,10-13H2,1H3,(H,28,32). The second kappa shape index (κ2) is 8.80. The minimum Gasteiger partial charge on any atom is -0.371 e. The predicted octanol–water partition coefficient (Wildman–Crippen LogP) is 3.56. The van der Waals surface area contributed by atoms with Crippen molar-refractivity contribution in [2.24, 2.45) is 0 Å². The molecule has 182 valence electrons. The molecule has 0 aliphatic carbocycles. The van der Waals surface area contributed by atoms with Gasteiger partial charge in [0.05, 0.1) is 10.6 Å². The molecule has 3 heterocycles. The van der Waals surface area contributed by atoms with Crippen LogP contribution >= 0.6 is 11.6 Å². The second-order valence-electron chi connectivity index (χ2n) is 9.08. The van der Waals surface area contributed by atoms with Crippen LogP contribution in [0.1, 0.15) is 18.5 Å². The van der Waals surface area contributed by atoms with Gasteiger partial charge in [-0.25, -0.2) is 13.2 Å². The van der Waals surface area contributed by atoms with Gasteiger partial charge in [0, 0.05) is 42.2 Å². The first-order valence-electron chi connectivity index (χ1n) is 11.4. The number of nitrogens with zero attached hydrogens (tertiary/aromatic N) is 3. The maximum absolute atomic E-state index is 13.3. The average molecular weight is 513 g/mol. The van der Waals surface area contributed by atoms with Crippen LogP contribution in [0.3, 0.4) is 0 Å². The van der Waals surface area contributed by atoms with Crippen molar-refractivity contribution in [1.29, 1.82) is 0 Å². The SMILES string of the molecule is Cc1cc(N2CCC3(CC2)NC(=O)N(CCS(=O)(=O)c2ccc4cc(Cl)ccc4c2)C3=O)ccn1. The van der Waals surface area contributed by atoms with E-state index in [2.05, 4.69) is 15.2 Å². The zero-order chi connectivity index (χ0) is 24.8. The molecule has 0 radical (unpaired) electrons. The lowest BCUT2D eigenvalue weighted by Gasteiger charge is -2.38. The highest BCUT2D eigenvalue weighted by Crippen LogP contribution is 2.32. The molecule has 0 atom stereocenters. The van der Waals surface area contributed by atoms with Gasteiger partial charge >= 0.3 is 6.03 Å². The number of carbonyl (C=O) groups excluding carboxylic acids is 2. The number of amides is 3. The summed E-state index contributed by atoms with van der Waals surface area (Å²) in [6.07, 6.45) is 2.66. The lowest BCUT2D eigenvalue weighted by Crippen LogP contribution is -2.55. The van der Waals surface area contributed by atoms with E-state index >= 15 is 0 Å². The van der Waals surface area contributed by atoms with Gasteiger partial charge in [-0.05, 0) is 66.9 Å². The van der Waals surface area contributed by atoms with Crippen LogP contribution in [0.25, 0.3) is 10.8 Å². The zero-order valence-electron chi connectivity index (χ0n) is 19.2. The van der Waals surface area contributed by atoms with Crippen molar-refractivity contribution in [1.82, 2.24) is 15.2 Å². The summed E-state index contributed by atoms with van der Waals surface area (Å²) < 4.78 is 26.0. The van der Waals surface area contributed by atoms with Gasteiger partial charge in [-0.1, -0.05) is 23.7 Å². The Balaban J connectivity index is 1.26. The Labute approximate surface area is 208 Å². The normalized spacial score (nSPS) is 17.9. The highest BCUT2D eigenvalue weighted by molar-refractivity contribution is 7.91. The number of urea groups is 1. The molecule has 1 aromatic heterocycles. The third kappa shape index (κ3) is 4.46. The number of rotatable bonds is 5. The Hall–Kier alpha value is -3.17. The number of benzene rings is 2. The van der Waals surface area contributed by atoms with E-state index in [1.54, 1.807) is 36.5 Å². The van der Waals surface area contributed by atoms with E-state index in [0.717, 1.165) is 27.1 Å². The molecule has 3 amide bonds. The molecule has 2 fully saturated rings. The summed E-state index contributed by atoms with van der Waals surface area (Å²) in [6.45, 7) is 2.93. The second-order valence-corrected chi connectivity index (χ2v) is 11.6. The van der Waals surface area contributed by atoms with Crippen LogP contribution in [0.15, 0.2) is 59.6 Å². The number of fused-ring (bicyclic) bond motifs is 1. The topological polar surface area (TPSA) is 99.7 Å². The highest BCUT2D eigenvalue weighted by Gasteiger charge is 2.52. The van der Waals surface area contributed by atoms with Gasteiger partial charge in [0.1, 0.15) is 5.54 Å². The van der Waals surface area contributed by atoms with Crippen molar-refractivity contribution in [3.8, 4) is 0 Å². The molecule has 2 aromatic carbocycles. The van der Waals surface area contributed by atoms with Gasteiger partial charge < -0.3 is 10.2 Å². The molecule has 2 aliphatic heterocycles. The molecular weight excluding hydrogens is 488 g/mol. The minimum absolute atomic E-state index is 0.148. The molecule has 3 aromatic rings. The maximum atomic E-state index is 13.3. The third-order valence-electron chi connectivity index (χ3n) is 6.82. The number of aryl methyl sites for hydroxylation is 1. The Bertz CT molecular complexity index is 1430. The number of anilines is 1. The summed E-state index contributed by atoms with van der Waals surface area (Å²) in [5.41, 5.74) is 0.960. The van der Waals surface area contributed by atoms with Crippen molar-refractivity contribution in [2.75, 3.05) is 30.3 Å². The van der Waals surface area contributed by atoms with Crippen molar-refractivity contribution >= 4 is 49.8 Å². The highest BCUT2D eigenvalue weighted by atomic mass is 35.5. The molecule has 0 saturated carbocycles. The van der Waals surface area contributed by atoms with Gasteiger partial charge in [0.2, 0.25) is 0 Å². The molecule has 0 bridgehead atoms. The van der Waals surface area contributed by atoms with Crippen LogP contribution in [0.5, 0.6) is 0 Å². The van der Waals surface area contributed by atoms with Gasteiger partial charge in [-0.15, -0.1) is 0 Å². The van der Waals surface area contributed by atoms with Crippen LogP contribution in [-0.4, -0.2) is 61.2 Å². The predicted molar refractivity (Wildman–Crippen MR) is 134 cm³/mol. The number of carbonyl (C=O) groups is 2. The molecule has 2 saturated heterocycles. The number of halogens is 1. The van der Waals surface area contributed by atoms with Crippen LogP contribution < -0.4 is 10.2 Å². The molecular formula is C25H25ClN4O4S. The fraction of sp³-hybridized carbons (Fsp3) is 0.320. The molecule has 1 spiro atoms. The molecule has 2 aliphatic rings. The molecule has 35 heavy (non-hydrogen) atoms. The minimum atomic E-state index is -3.71. The van der Waals surface area contributed by atoms with Gasteiger partial charge in [0.15, 0.2) is 9.84 Å². The number of imide groups is 1. The van der Waals surface area contributed by atoms with Crippen LogP contribution in [-0.2, 0) is 14.6 Å². The zero-order valence-corrected chi connectivity index (χ0v) is 20.8. The summed E-state index contributed by atoms with van der Waals surface area (Å²) in [6, 6.07) is 13.4. The summed E-state index contributed by atoms with van der Waals surface area (Å²) >= 11 is 6.01. The Morgan fingerprint density at radius 2 is 1.74 bits per heavy atom. The summed E-state index contributed by atoms with van der Waals surface area (Å²) in [5.74, 6) is -0.694. The summed E-state index contributed by atoms with van der Waals surface area (Å²) in [7, 11) is -3.71. The van der Waals surface area contributed by atoms with E-state index in [4.69, 9.17) is 11.6 Å². The number of aromatic nitrogens is 1. The fourth-order valence-electron chi connectivity index (χ4n) is 4.81. The van der Waals surface area contributed by atoms with Gasteiger partial charge in [-0.3, -0.25) is 14.7 Å². The number of nitrogens with one attached hydrogen (secondary N) is 1. The third-order valence-corrected chi connectivity index (χ3v) is 8.75. The van der Waals surface area contributed by atoms with Crippen molar-refractivity contribution in [2.45, 2.75) is 30.2 Å². The Morgan fingerprint density at radius 1 is 1.03 bits per heavy atom. The average Bonchev–Trinajstić information content (AvgIpc) is 3.06. The number of pyridine rings is 1. The number of hydrogen-bond donors (Lipinski definition) is 1. The number of hydrogen-bond acceptors (Lipinski definition) is 6. The summed E-state index contributed by atoms with van der Waals surface area (Å²) in [5, 5.41) is 5.01. The summed E-state index contributed by atoms with van der Waals surface area (Å²) in [4.78, 5) is 33.5. The largest absolute Gasteiger partial charge is 0.371 e. The van der Waals surface area contributed by atoms with Crippen molar-refractivity contribution in [3.63, 3.8) is 0 Å². The fourth-order valence-corrected chi connectivity index (χ4v) is 6.23. The first-order chi connectivity index (χ1) is 16.7. The monoisotopic (exact) mass is 512 g/mol. The molecule has 8 nitrogen and oxygen atoms in total. The smallest absolute Gasteiger partial charge is 0.325 e. The first-order valence-corrected chi connectivity index (χ1v) is 13.4. The van der Waals surface area contributed by atoms with E-state index in [-0.39, 0.29) is 23.1 Å². The van der Waals surface area contributed by atoms with E-state index in [0.29, 0.717) is 31.0 Å². The lowest BCUT2D eigenvalue weighted by atomic mass is 9.87. The van der Waals surface area contributed by atoms with E-state index in [1.807, 2.05) is 19.1 Å². The van der Waals surface area contributed by atoms with Crippen molar-refractivity contribution < 1.29 is 18.0 Å². The molecule has 5 rings (SSSR count). The van der Waals surface area contributed by atoms with Crippen LogP contribution in [0, 0.1) is 6.92 Å².